The Hall–Kier alpha value is -2.41. The fourth-order valence-corrected chi connectivity index (χ4v) is 2.09. The molecule has 0 saturated carbocycles. The number of anilines is 1. The van der Waals surface area contributed by atoms with Crippen molar-refractivity contribution in [3.05, 3.63) is 42.4 Å². The molecular weight excluding hydrogens is 300 g/mol. The molecule has 2 N–H and O–H groups in total. The van der Waals surface area contributed by atoms with Crippen LogP contribution in [-0.2, 0) is 6.42 Å². The van der Waals surface area contributed by atoms with E-state index in [0.717, 1.165) is 23.5 Å². The van der Waals surface area contributed by atoms with E-state index >= 15 is 0 Å². The highest BCUT2D eigenvalue weighted by atomic mass is 32.1. The highest BCUT2D eigenvalue weighted by Crippen LogP contribution is 2.27. The average Bonchev–Trinajstić information content (AvgIpc) is 2.55. The van der Waals surface area contributed by atoms with Gasteiger partial charge in [-0.15, -0.1) is 0 Å². The lowest BCUT2D eigenvalue weighted by atomic mass is 10.1. The Morgan fingerprint density at radius 3 is 2.68 bits per heavy atom. The van der Waals surface area contributed by atoms with Gasteiger partial charge in [-0.2, -0.15) is 0 Å². The van der Waals surface area contributed by atoms with Gasteiger partial charge in [-0.3, -0.25) is 4.98 Å². The van der Waals surface area contributed by atoms with E-state index in [1.165, 1.54) is 0 Å². The molecule has 116 valence electrons. The smallest absolute Gasteiger partial charge is 0.171 e. The summed E-state index contributed by atoms with van der Waals surface area (Å²) in [5.74, 6) is 2.06. The van der Waals surface area contributed by atoms with Gasteiger partial charge in [0.05, 0.1) is 20.4 Å². The number of nitrogens with zero attached hydrogens (tertiary/aromatic N) is 2. The van der Waals surface area contributed by atoms with Crippen molar-refractivity contribution in [1.82, 2.24) is 15.3 Å². The molecule has 0 amide bonds. The molecule has 0 radical (unpaired) electrons. The number of methoxy groups -OCH3 is 2. The molecule has 2 rings (SSSR count). The van der Waals surface area contributed by atoms with Gasteiger partial charge in [-0.25, -0.2) is 4.98 Å². The Morgan fingerprint density at radius 2 is 2.00 bits per heavy atom. The maximum atomic E-state index is 5.28. The molecule has 2 aromatic rings. The Kier molecular flexibility index (Phi) is 5.91. The van der Waals surface area contributed by atoms with E-state index in [4.69, 9.17) is 21.7 Å². The molecule has 1 aromatic heterocycles. The fraction of sp³-hybridized carbons (Fsp3) is 0.267. The average molecular weight is 318 g/mol. The number of nitrogens with one attached hydrogen (secondary N) is 2. The van der Waals surface area contributed by atoms with E-state index in [1.54, 1.807) is 32.8 Å². The summed E-state index contributed by atoms with van der Waals surface area (Å²) in [7, 11) is 3.25. The molecule has 0 aliphatic carbocycles. The Morgan fingerprint density at radius 1 is 1.18 bits per heavy atom. The number of hydrogen-bond acceptors (Lipinski definition) is 5. The third-order valence-electron chi connectivity index (χ3n) is 2.95. The van der Waals surface area contributed by atoms with Crippen molar-refractivity contribution in [1.29, 1.82) is 0 Å². The molecule has 0 saturated heterocycles. The minimum absolute atomic E-state index is 0.515. The van der Waals surface area contributed by atoms with Crippen LogP contribution in [0, 0.1) is 0 Å². The van der Waals surface area contributed by atoms with Crippen molar-refractivity contribution in [2.45, 2.75) is 6.42 Å². The first-order valence-corrected chi connectivity index (χ1v) is 7.15. The van der Waals surface area contributed by atoms with Gasteiger partial charge < -0.3 is 20.1 Å². The predicted molar refractivity (Wildman–Crippen MR) is 89.5 cm³/mol. The van der Waals surface area contributed by atoms with Gasteiger partial charge in [0.1, 0.15) is 0 Å². The summed E-state index contributed by atoms with van der Waals surface area (Å²) >= 11 is 5.20. The van der Waals surface area contributed by atoms with E-state index in [-0.39, 0.29) is 0 Å². The summed E-state index contributed by atoms with van der Waals surface area (Å²) in [4.78, 5) is 8.06. The van der Waals surface area contributed by atoms with E-state index < -0.39 is 0 Å². The molecule has 0 aliphatic rings. The van der Waals surface area contributed by atoms with Crippen LogP contribution >= 0.6 is 12.2 Å². The van der Waals surface area contributed by atoms with E-state index in [1.807, 2.05) is 18.2 Å². The second-order valence-corrected chi connectivity index (χ2v) is 4.82. The largest absolute Gasteiger partial charge is 0.493 e. The first-order valence-electron chi connectivity index (χ1n) is 6.74. The van der Waals surface area contributed by atoms with Gasteiger partial charge >= 0.3 is 0 Å². The molecule has 22 heavy (non-hydrogen) atoms. The minimum Gasteiger partial charge on any atom is -0.493 e. The van der Waals surface area contributed by atoms with E-state index in [0.29, 0.717) is 17.5 Å². The second-order valence-electron chi connectivity index (χ2n) is 4.41. The monoisotopic (exact) mass is 318 g/mol. The molecule has 1 aromatic carbocycles. The molecule has 6 nitrogen and oxygen atoms in total. The first-order chi connectivity index (χ1) is 10.7. The van der Waals surface area contributed by atoms with Crippen LogP contribution in [0.3, 0.4) is 0 Å². The van der Waals surface area contributed by atoms with Gasteiger partial charge in [-0.05, 0) is 36.3 Å². The van der Waals surface area contributed by atoms with Crippen molar-refractivity contribution < 1.29 is 9.47 Å². The van der Waals surface area contributed by atoms with Crippen LogP contribution in [0.4, 0.5) is 5.82 Å². The van der Waals surface area contributed by atoms with Crippen LogP contribution in [0.5, 0.6) is 11.5 Å². The lowest BCUT2D eigenvalue weighted by molar-refractivity contribution is 0.354. The maximum absolute atomic E-state index is 5.28. The number of thiocarbonyl (C=S) groups is 1. The van der Waals surface area contributed by atoms with Crippen LogP contribution in [0.25, 0.3) is 0 Å². The quantitative estimate of drug-likeness (QED) is 0.790. The molecule has 0 spiro atoms. The van der Waals surface area contributed by atoms with E-state index in [2.05, 4.69) is 20.6 Å². The topological polar surface area (TPSA) is 68.3 Å². The Labute approximate surface area is 134 Å². The Bertz CT molecular complexity index is 622. The van der Waals surface area contributed by atoms with Crippen LogP contribution in [0.15, 0.2) is 36.8 Å². The maximum Gasteiger partial charge on any atom is 0.171 e. The Balaban J connectivity index is 1.82. The molecule has 7 heteroatoms. The van der Waals surface area contributed by atoms with Crippen molar-refractivity contribution in [3.8, 4) is 11.5 Å². The van der Waals surface area contributed by atoms with Crippen LogP contribution in [0.2, 0.25) is 0 Å². The van der Waals surface area contributed by atoms with Gasteiger partial charge in [0.2, 0.25) is 0 Å². The summed E-state index contributed by atoms with van der Waals surface area (Å²) in [5.41, 5.74) is 1.13. The number of aromatic nitrogens is 2. The third-order valence-corrected chi connectivity index (χ3v) is 3.20. The molecule has 0 fully saturated rings. The molecular formula is C15H18N4O2S. The minimum atomic E-state index is 0.515. The molecule has 0 atom stereocenters. The van der Waals surface area contributed by atoms with Crippen LogP contribution in [0.1, 0.15) is 5.56 Å². The predicted octanol–water partition coefficient (Wildman–Crippen LogP) is 2.02. The van der Waals surface area contributed by atoms with Crippen molar-refractivity contribution >= 4 is 23.1 Å². The zero-order chi connectivity index (χ0) is 15.8. The first kappa shape index (κ1) is 16.0. The zero-order valence-corrected chi connectivity index (χ0v) is 13.3. The summed E-state index contributed by atoms with van der Waals surface area (Å²) in [6, 6.07) is 5.85. The van der Waals surface area contributed by atoms with Gasteiger partial charge in [-0.1, -0.05) is 6.07 Å². The lowest BCUT2D eigenvalue weighted by Crippen LogP contribution is -2.30. The molecule has 0 unspecified atom stereocenters. The molecule has 0 aliphatic heterocycles. The second kappa shape index (κ2) is 8.14. The molecule has 1 heterocycles. The van der Waals surface area contributed by atoms with E-state index in [9.17, 15) is 0 Å². The number of rotatable bonds is 6. The molecule has 0 bridgehead atoms. The number of hydrogen-bond donors (Lipinski definition) is 2. The van der Waals surface area contributed by atoms with Gasteiger partial charge in [0.15, 0.2) is 22.4 Å². The highest BCUT2D eigenvalue weighted by Gasteiger charge is 2.05. The third kappa shape index (κ3) is 4.56. The standard InChI is InChI=1S/C15H18N4O2S/c1-20-12-4-3-11(9-13(12)21-2)5-6-18-15(22)19-14-10-16-7-8-17-14/h3-4,7-10H,5-6H2,1-2H3,(H2,17,18,19,22). The van der Waals surface area contributed by atoms with Crippen molar-refractivity contribution in [2.24, 2.45) is 0 Å². The van der Waals surface area contributed by atoms with Gasteiger partial charge in [0, 0.05) is 18.9 Å². The van der Waals surface area contributed by atoms with Crippen molar-refractivity contribution in [2.75, 3.05) is 26.1 Å². The zero-order valence-electron chi connectivity index (χ0n) is 12.5. The van der Waals surface area contributed by atoms with Crippen LogP contribution in [-0.4, -0.2) is 35.8 Å². The van der Waals surface area contributed by atoms with Crippen LogP contribution < -0.4 is 20.1 Å². The summed E-state index contributed by atoms with van der Waals surface area (Å²) in [5, 5.41) is 6.61. The summed E-state index contributed by atoms with van der Waals surface area (Å²) in [6.45, 7) is 0.696. The SMILES string of the molecule is COc1ccc(CCNC(=S)Nc2cnccn2)cc1OC. The number of benzene rings is 1. The van der Waals surface area contributed by atoms with Crippen molar-refractivity contribution in [3.63, 3.8) is 0 Å². The summed E-state index contributed by atoms with van der Waals surface area (Å²) < 4.78 is 10.5. The van der Waals surface area contributed by atoms with Gasteiger partial charge in [0.25, 0.3) is 0 Å². The lowest BCUT2D eigenvalue weighted by Gasteiger charge is -2.11. The fourth-order valence-electron chi connectivity index (χ4n) is 1.88. The summed E-state index contributed by atoms with van der Waals surface area (Å²) in [6.07, 6.45) is 5.64. The normalized spacial score (nSPS) is 9.91. The highest BCUT2D eigenvalue weighted by molar-refractivity contribution is 7.80. The number of ether oxygens (including phenoxy) is 2.